The van der Waals surface area contributed by atoms with Crippen LogP contribution in [0.2, 0.25) is 0 Å². The summed E-state index contributed by atoms with van der Waals surface area (Å²) in [5, 5.41) is 17.3. The number of hydrogen-bond acceptors (Lipinski definition) is 5. The number of nitrogens with zero attached hydrogens (tertiary/aromatic N) is 2. The van der Waals surface area contributed by atoms with E-state index in [1.807, 2.05) is 18.2 Å². The van der Waals surface area contributed by atoms with Crippen LogP contribution in [0.5, 0.6) is 5.88 Å². The molecular weight excluding hydrogens is 624 g/mol. The van der Waals surface area contributed by atoms with Gasteiger partial charge in [0.15, 0.2) is 0 Å². The van der Waals surface area contributed by atoms with Gasteiger partial charge in [0.1, 0.15) is 0 Å². The first-order chi connectivity index (χ1) is 23.7. The normalized spacial score (nSPS) is 13.2. The molecule has 0 atom stereocenters. The quantitative estimate of drug-likeness (QED) is 0.116. The minimum atomic E-state index is -0.559. The van der Waals surface area contributed by atoms with Crippen molar-refractivity contribution in [3.8, 4) is 5.88 Å². The summed E-state index contributed by atoms with van der Waals surface area (Å²) < 4.78 is 1.51. The zero-order valence-corrected chi connectivity index (χ0v) is 30.0. The molecule has 0 amide bonds. The molecule has 4 heterocycles. The summed E-state index contributed by atoms with van der Waals surface area (Å²) in [7, 11) is 0. The first-order valence-corrected chi connectivity index (χ1v) is 18.0. The average molecular weight is 669 g/mol. The van der Waals surface area contributed by atoms with Crippen molar-refractivity contribution in [3.05, 3.63) is 78.6 Å². The Bertz CT molecular complexity index is 2810. The lowest BCUT2D eigenvalue weighted by atomic mass is 9.86. The topological polar surface area (TPSA) is 121 Å². The Morgan fingerprint density at radius 3 is 1.98 bits per heavy atom. The molecule has 4 aromatic heterocycles. The predicted octanol–water partition coefficient (Wildman–Crippen LogP) is 9.23. The van der Waals surface area contributed by atoms with Crippen LogP contribution in [0.4, 0.5) is 0 Å². The molecule has 0 aliphatic heterocycles. The van der Waals surface area contributed by atoms with Gasteiger partial charge in [-0.1, -0.05) is 105 Å². The number of H-pyrrole nitrogens is 2. The molecule has 0 spiro atoms. The standard InChI is InChI=1S/C42H44N4O4/c1-8-9-10-11-12-13-18-46-39(49)31-27-23-16-14-21(41(2,3)4)19-25(23)43-35(27)33-30-29(31)32(40(46)50)28-24-17-15-22(42(5,6)7)20-26(24)44-36(28)34(30)38(48)45-37(33)47/h14-17,19-20,43,50H,8-13,18H2,1-7H3,(H,45,47,48). The maximum atomic E-state index is 14.9. The third kappa shape index (κ3) is 4.56. The van der Waals surface area contributed by atoms with Gasteiger partial charge in [-0.05, 0) is 40.5 Å². The van der Waals surface area contributed by atoms with E-state index in [1.165, 1.54) is 11.0 Å². The van der Waals surface area contributed by atoms with E-state index < -0.39 is 11.1 Å². The summed E-state index contributed by atoms with van der Waals surface area (Å²) in [4.78, 5) is 53.9. The third-order valence-electron chi connectivity index (χ3n) is 10.9. The molecule has 0 aliphatic carbocycles. The van der Waals surface area contributed by atoms with Crippen molar-refractivity contribution in [2.75, 3.05) is 0 Å². The molecule has 0 unspecified atom stereocenters. The molecular formula is C42H44N4O4. The molecule has 0 radical (unpaired) electrons. The highest BCUT2D eigenvalue weighted by Crippen LogP contribution is 2.48. The maximum absolute atomic E-state index is 14.9. The zero-order chi connectivity index (χ0) is 35.4. The average Bonchev–Trinajstić information content (AvgIpc) is 3.61. The van der Waals surface area contributed by atoms with Gasteiger partial charge < -0.3 is 10.1 Å². The zero-order valence-electron chi connectivity index (χ0n) is 30.0. The molecule has 8 heteroatoms. The minimum Gasteiger partial charge on any atom is -0.494 e. The Morgan fingerprint density at radius 2 is 1.28 bits per heavy atom. The lowest BCUT2D eigenvalue weighted by Gasteiger charge is -2.19. The molecule has 8 rings (SSSR count). The van der Waals surface area contributed by atoms with Crippen LogP contribution in [0.25, 0.3) is 75.9 Å². The van der Waals surface area contributed by atoms with Gasteiger partial charge in [-0.2, -0.15) is 0 Å². The highest BCUT2D eigenvalue weighted by molar-refractivity contribution is 6.44. The van der Waals surface area contributed by atoms with Gasteiger partial charge >= 0.3 is 0 Å². The SMILES string of the molecule is CCCCCCCCn1c(O)c2c3c4ccc(C(C)(C)C)cc4nc3c3c(=O)[nH]c(=O)c4c5[nH]c6cc(C(C)(C)C)ccc6c5c(c1=O)c2c34. The van der Waals surface area contributed by atoms with Crippen LogP contribution in [-0.4, -0.2) is 24.6 Å². The van der Waals surface area contributed by atoms with Crippen LogP contribution in [0.3, 0.4) is 0 Å². The number of unbranched alkanes of at least 4 members (excludes halogenated alkanes) is 5. The smallest absolute Gasteiger partial charge is 0.261 e. The number of benzene rings is 4. The minimum absolute atomic E-state index is 0.129. The lowest BCUT2D eigenvalue weighted by Crippen LogP contribution is -2.24. The number of aromatic hydroxyl groups is 1. The Balaban J connectivity index is 1.60. The van der Waals surface area contributed by atoms with Crippen molar-refractivity contribution < 1.29 is 5.11 Å². The van der Waals surface area contributed by atoms with Crippen LogP contribution in [0.15, 0.2) is 50.8 Å². The van der Waals surface area contributed by atoms with Crippen molar-refractivity contribution in [1.82, 2.24) is 19.5 Å². The summed E-state index contributed by atoms with van der Waals surface area (Å²) in [5.74, 6) is -0.152. The Hall–Kier alpha value is -4.98. The van der Waals surface area contributed by atoms with E-state index in [-0.39, 0.29) is 33.0 Å². The molecule has 0 fully saturated rings. The number of aromatic nitrogens is 4. The second-order valence-electron chi connectivity index (χ2n) is 16.3. The van der Waals surface area contributed by atoms with Crippen molar-refractivity contribution in [3.63, 3.8) is 0 Å². The van der Waals surface area contributed by atoms with E-state index in [0.29, 0.717) is 55.4 Å². The van der Waals surface area contributed by atoms with E-state index in [9.17, 15) is 19.5 Å². The number of aromatic amines is 2. The van der Waals surface area contributed by atoms with Gasteiger partial charge in [-0.25, -0.2) is 4.98 Å². The van der Waals surface area contributed by atoms with E-state index in [4.69, 9.17) is 4.98 Å². The van der Waals surface area contributed by atoms with Crippen LogP contribution in [-0.2, 0) is 17.4 Å². The van der Waals surface area contributed by atoms with Gasteiger partial charge in [0, 0.05) is 44.4 Å². The fourth-order valence-corrected chi connectivity index (χ4v) is 8.13. The summed E-state index contributed by atoms with van der Waals surface area (Å²) >= 11 is 0. The van der Waals surface area contributed by atoms with Gasteiger partial charge in [0.2, 0.25) is 5.88 Å². The molecule has 3 N–H and O–H groups in total. The van der Waals surface area contributed by atoms with Crippen molar-refractivity contribution in [1.29, 1.82) is 0 Å². The second-order valence-corrected chi connectivity index (χ2v) is 16.3. The maximum Gasteiger partial charge on any atom is 0.261 e. The van der Waals surface area contributed by atoms with Crippen LogP contribution in [0, 0.1) is 0 Å². The molecule has 8 nitrogen and oxygen atoms in total. The number of fused-ring (bicyclic) bond motifs is 10. The van der Waals surface area contributed by atoms with Gasteiger partial charge in [0.05, 0.1) is 38.1 Å². The highest BCUT2D eigenvalue weighted by atomic mass is 16.3. The molecule has 50 heavy (non-hydrogen) atoms. The predicted molar refractivity (Wildman–Crippen MR) is 207 cm³/mol. The summed E-state index contributed by atoms with van der Waals surface area (Å²) in [6, 6.07) is 12.3. The molecule has 0 aliphatic rings. The Morgan fingerprint density at radius 1 is 0.660 bits per heavy atom. The van der Waals surface area contributed by atoms with E-state index in [2.05, 4.69) is 76.6 Å². The van der Waals surface area contributed by atoms with Gasteiger partial charge in [-0.15, -0.1) is 0 Å². The second kappa shape index (κ2) is 11.0. The fraction of sp³-hybridized carbons (Fsp3) is 0.381. The van der Waals surface area contributed by atoms with Crippen molar-refractivity contribution in [2.45, 2.75) is 104 Å². The number of pyridine rings is 2. The third-order valence-corrected chi connectivity index (χ3v) is 10.9. The molecule has 0 saturated carbocycles. The Labute approximate surface area is 288 Å². The van der Waals surface area contributed by atoms with E-state index >= 15 is 0 Å². The highest BCUT2D eigenvalue weighted by Gasteiger charge is 2.30. The van der Waals surface area contributed by atoms with Crippen molar-refractivity contribution >= 4 is 75.9 Å². The van der Waals surface area contributed by atoms with Crippen LogP contribution in [0.1, 0.15) is 98.1 Å². The molecule has 4 aromatic carbocycles. The monoisotopic (exact) mass is 668 g/mol. The van der Waals surface area contributed by atoms with E-state index in [1.54, 1.807) is 0 Å². The van der Waals surface area contributed by atoms with E-state index in [0.717, 1.165) is 59.5 Å². The summed E-state index contributed by atoms with van der Waals surface area (Å²) in [6.07, 6.45) is 6.20. The lowest BCUT2D eigenvalue weighted by molar-refractivity contribution is 0.407. The fourth-order valence-electron chi connectivity index (χ4n) is 8.13. The Kier molecular flexibility index (Phi) is 7.10. The van der Waals surface area contributed by atoms with Crippen LogP contribution >= 0.6 is 0 Å². The molecule has 8 aromatic rings. The number of nitrogens with one attached hydrogen (secondary N) is 2. The van der Waals surface area contributed by atoms with Crippen LogP contribution < -0.4 is 16.7 Å². The summed E-state index contributed by atoms with van der Waals surface area (Å²) in [5.41, 5.74) is 2.91. The van der Waals surface area contributed by atoms with Gasteiger partial charge in [-0.3, -0.25) is 23.9 Å². The first kappa shape index (κ1) is 32.2. The molecule has 256 valence electrons. The molecule has 0 bridgehead atoms. The number of hydrogen-bond donors (Lipinski definition) is 3. The van der Waals surface area contributed by atoms with Gasteiger partial charge in [0.25, 0.3) is 16.7 Å². The molecule has 0 saturated heterocycles. The number of rotatable bonds is 7. The summed E-state index contributed by atoms with van der Waals surface area (Å²) in [6.45, 7) is 15.4. The van der Waals surface area contributed by atoms with Crippen molar-refractivity contribution in [2.24, 2.45) is 0 Å². The first-order valence-electron chi connectivity index (χ1n) is 18.0. The largest absolute Gasteiger partial charge is 0.494 e.